The molecule has 224 valence electrons. The van der Waals surface area contributed by atoms with Gasteiger partial charge in [0.25, 0.3) is 0 Å². The zero-order valence-corrected chi connectivity index (χ0v) is 28.2. The molecule has 0 aromatic heterocycles. The fourth-order valence-corrected chi connectivity index (χ4v) is 9.43. The number of ether oxygens (including phenoxy) is 4. The SMILES string of the molecule is Brc1ccc(CCOC2CCCCO2)cc1.CC(C)C[SiH](CC(C)C)c1ccc(CCOC2CCCCO2)cc1. The van der Waals surface area contributed by atoms with Crippen molar-refractivity contribution in [1.29, 1.82) is 0 Å². The fraction of sp³-hybridized carbons (Fsp3) is 0.647. The first-order valence-electron chi connectivity index (χ1n) is 15.7. The highest BCUT2D eigenvalue weighted by atomic mass is 79.9. The van der Waals surface area contributed by atoms with Crippen LogP contribution in [0.3, 0.4) is 0 Å². The molecule has 0 saturated carbocycles. The molecule has 2 fully saturated rings. The fourth-order valence-electron chi connectivity index (χ4n) is 5.42. The molecule has 2 atom stereocenters. The van der Waals surface area contributed by atoms with E-state index in [1.54, 1.807) is 5.19 Å². The molecule has 2 aromatic carbocycles. The van der Waals surface area contributed by atoms with Crippen LogP contribution in [0.4, 0.5) is 0 Å². The van der Waals surface area contributed by atoms with Gasteiger partial charge in [0, 0.05) is 17.7 Å². The largest absolute Gasteiger partial charge is 0.353 e. The van der Waals surface area contributed by atoms with Crippen LogP contribution in [0, 0.1) is 11.8 Å². The predicted molar refractivity (Wildman–Crippen MR) is 173 cm³/mol. The maximum absolute atomic E-state index is 5.86. The van der Waals surface area contributed by atoms with Gasteiger partial charge in [0.2, 0.25) is 0 Å². The van der Waals surface area contributed by atoms with Crippen LogP contribution in [-0.4, -0.2) is 47.8 Å². The van der Waals surface area contributed by atoms with Crippen molar-refractivity contribution in [2.75, 3.05) is 26.4 Å². The van der Waals surface area contributed by atoms with E-state index in [2.05, 4.69) is 92.2 Å². The Morgan fingerprint density at radius 2 is 1.15 bits per heavy atom. The Bertz CT molecular complexity index is 897. The minimum atomic E-state index is -0.830. The zero-order valence-electron chi connectivity index (χ0n) is 25.4. The van der Waals surface area contributed by atoms with Gasteiger partial charge in [0.05, 0.1) is 22.0 Å². The smallest absolute Gasteiger partial charge is 0.157 e. The molecule has 2 aliphatic rings. The van der Waals surface area contributed by atoms with Crippen molar-refractivity contribution in [3.05, 3.63) is 64.1 Å². The molecule has 6 heteroatoms. The molecule has 0 N–H and O–H groups in total. The quantitative estimate of drug-likeness (QED) is 0.209. The highest BCUT2D eigenvalue weighted by Gasteiger charge is 2.17. The summed E-state index contributed by atoms with van der Waals surface area (Å²) in [6, 6.07) is 20.6. The van der Waals surface area contributed by atoms with Crippen molar-refractivity contribution >= 4 is 29.9 Å². The summed E-state index contributed by atoms with van der Waals surface area (Å²) in [6.07, 6.45) is 8.91. The Morgan fingerprint density at radius 1 is 0.700 bits per heavy atom. The van der Waals surface area contributed by atoms with Crippen LogP contribution in [0.5, 0.6) is 0 Å². The van der Waals surface area contributed by atoms with Crippen molar-refractivity contribution < 1.29 is 18.9 Å². The maximum atomic E-state index is 5.86. The summed E-state index contributed by atoms with van der Waals surface area (Å²) in [7, 11) is -0.830. The second kappa shape index (κ2) is 19.2. The van der Waals surface area contributed by atoms with Gasteiger partial charge in [0.1, 0.15) is 0 Å². The lowest BCUT2D eigenvalue weighted by atomic mass is 10.1. The molecule has 0 amide bonds. The van der Waals surface area contributed by atoms with E-state index in [1.165, 1.54) is 48.9 Å². The van der Waals surface area contributed by atoms with E-state index in [-0.39, 0.29) is 12.6 Å². The second-order valence-corrected chi connectivity index (χ2v) is 16.1. The zero-order chi connectivity index (χ0) is 28.6. The molecule has 40 heavy (non-hydrogen) atoms. The van der Waals surface area contributed by atoms with Gasteiger partial charge in [-0.15, -0.1) is 0 Å². The molecule has 0 spiro atoms. The summed E-state index contributed by atoms with van der Waals surface area (Å²) in [5.41, 5.74) is 2.69. The van der Waals surface area contributed by atoms with Gasteiger partial charge < -0.3 is 18.9 Å². The number of halogens is 1. The van der Waals surface area contributed by atoms with Crippen molar-refractivity contribution in [2.45, 2.75) is 104 Å². The van der Waals surface area contributed by atoms with Gasteiger partial charge >= 0.3 is 0 Å². The third-order valence-electron chi connectivity index (χ3n) is 7.54. The first-order valence-corrected chi connectivity index (χ1v) is 18.7. The molecule has 2 unspecified atom stereocenters. The van der Waals surface area contributed by atoms with Gasteiger partial charge in [-0.05, 0) is 86.5 Å². The van der Waals surface area contributed by atoms with E-state index in [1.807, 2.05) is 0 Å². The molecule has 2 aromatic rings. The lowest BCUT2D eigenvalue weighted by molar-refractivity contribution is -0.161. The summed E-state index contributed by atoms with van der Waals surface area (Å²) >= 11 is 3.42. The van der Waals surface area contributed by atoms with Crippen LogP contribution < -0.4 is 5.19 Å². The molecule has 0 bridgehead atoms. The lowest BCUT2D eigenvalue weighted by Gasteiger charge is -2.22. The van der Waals surface area contributed by atoms with Crippen molar-refractivity contribution in [2.24, 2.45) is 11.8 Å². The standard InChI is InChI=1S/C21H36O2Si.C13H17BrO2/c1-17(2)15-24(16-18(3)4)20-10-8-19(9-11-20)12-14-23-21-7-5-6-13-22-21;14-12-6-4-11(5-7-12)8-10-16-13-3-1-2-9-15-13/h8-11,17-18,21,24H,5-7,12-16H2,1-4H3;4-7,13H,1-3,8-10H2. The lowest BCUT2D eigenvalue weighted by Crippen LogP contribution is -2.32. The van der Waals surface area contributed by atoms with Crippen LogP contribution in [0.2, 0.25) is 12.1 Å². The van der Waals surface area contributed by atoms with Gasteiger partial charge in [-0.3, -0.25) is 0 Å². The highest BCUT2D eigenvalue weighted by Crippen LogP contribution is 2.17. The average molecular weight is 634 g/mol. The van der Waals surface area contributed by atoms with Crippen molar-refractivity contribution in [3.63, 3.8) is 0 Å². The molecule has 2 saturated heterocycles. The first-order chi connectivity index (χ1) is 19.4. The van der Waals surface area contributed by atoms with Crippen LogP contribution in [0.1, 0.15) is 77.3 Å². The highest BCUT2D eigenvalue weighted by molar-refractivity contribution is 9.10. The average Bonchev–Trinajstić information content (AvgIpc) is 2.95. The summed E-state index contributed by atoms with van der Waals surface area (Å²) < 4.78 is 23.8. The van der Waals surface area contributed by atoms with Crippen LogP contribution in [0.25, 0.3) is 0 Å². The van der Waals surface area contributed by atoms with E-state index in [9.17, 15) is 0 Å². The number of hydrogen-bond donors (Lipinski definition) is 0. The van der Waals surface area contributed by atoms with E-state index in [0.717, 1.165) is 68.4 Å². The van der Waals surface area contributed by atoms with Gasteiger partial charge in [-0.1, -0.05) is 97.3 Å². The molecule has 2 aliphatic heterocycles. The summed E-state index contributed by atoms with van der Waals surface area (Å²) in [5, 5.41) is 1.64. The van der Waals surface area contributed by atoms with Gasteiger partial charge in [-0.25, -0.2) is 0 Å². The Labute approximate surface area is 254 Å². The molecule has 2 heterocycles. The third-order valence-corrected chi connectivity index (χ3v) is 12.4. The third kappa shape index (κ3) is 13.8. The number of benzene rings is 2. The summed E-state index contributed by atoms with van der Waals surface area (Å²) in [5.74, 6) is 1.62. The molecule has 4 nitrogen and oxygen atoms in total. The van der Waals surface area contributed by atoms with Crippen LogP contribution in [0.15, 0.2) is 53.0 Å². The number of hydrogen-bond acceptors (Lipinski definition) is 4. The monoisotopic (exact) mass is 632 g/mol. The molecular weight excluding hydrogens is 580 g/mol. The molecular formula is C34H53BrO4Si. The van der Waals surface area contributed by atoms with E-state index in [0.29, 0.717) is 0 Å². The topological polar surface area (TPSA) is 36.9 Å². The first kappa shape index (κ1) is 33.5. The van der Waals surface area contributed by atoms with Crippen LogP contribution in [-0.2, 0) is 31.8 Å². The van der Waals surface area contributed by atoms with Gasteiger partial charge in [-0.2, -0.15) is 0 Å². The molecule has 4 rings (SSSR count). The normalized spacial score (nSPS) is 19.6. The molecule has 0 aliphatic carbocycles. The Morgan fingerprint density at radius 3 is 1.55 bits per heavy atom. The van der Waals surface area contributed by atoms with E-state index < -0.39 is 8.80 Å². The van der Waals surface area contributed by atoms with Crippen LogP contribution >= 0.6 is 15.9 Å². The molecule has 0 radical (unpaired) electrons. The summed E-state index contributed by atoms with van der Waals surface area (Å²) in [4.78, 5) is 0. The maximum Gasteiger partial charge on any atom is 0.157 e. The number of rotatable bonds is 13. The Balaban J connectivity index is 0.000000238. The summed E-state index contributed by atoms with van der Waals surface area (Å²) in [6.45, 7) is 12.7. The van der Waals surface area contributed by atoms with E-state index in [4.69, 9.17) is 18.9 Å². The van der Waals surface area contributed by atoms with Crippen molar-refractivity contribution in [1.82, 2.24) is 0 Å². The Hall–Kier alpha value is -1.02. The van der Waals surface area contributed by atoms with Crippen molar-refractivity contribution in [3.8, 4) is 0 Å². The predicted octanol–water partition coefficient (Wildman–Crippen LogP) is 8.05. The van der Waals surface area contributed by atoms with Gasteiger partial charge in [0.15, 0.2) is 12.6 Å². The minimum Gasteiger partial charge on any atom is -0.353 e. The second-order valence-electron chi connectivity index (χ2n) is 12.2. The minimum absolute atomic E-state index is 0.0317. The van der Waals surface area contributed by atoms with E-state index >= 15 is 0 Å². The Kier molecular flexibility index (Phi) is 16.1.